The van der Waals surface area contributed by atoms with Crippen LogP contribution in [0.4, 0.5) is 19.0 Å². The van der Waals surface area contributed by atoms with Gasteiger partial charge in [-0.15, -0.1) is 0 Å². The molecule has 5 nitrogen and oxygen atoms in total. The molecule has 17 heavy (non-hydrogen) atoms. The van der Waals surface area contributed by atoms with Crippen molar-refractivity contribution in [3.63, 3.8) is 0 Å². The van der Waals surface area contributed by atoms with Crippen molar-refractivity contribution in [2.24, 2.45) is 0 Å². The maximum Gasteiger partial charge on any atom is 0.417 e. The first kappa shape index (κ1) is 13.7. The number of aliphatic hydroxyl groups is 3. The van der Waals surface area contributed by atoms with Gasteiger partial charge < -0.3 is 21.1 Å². The van der Waals surface area contributed by atoms with Crippen LogP contribution in [0.1, 0.15) is 17.2 Å². The number of rotatable bonds is 3. The van der Waals surface area contributed by atoms with Crippen LogP contribution in [0.3, 0.4) is 0 Å². The minimum atomic E-state index is -4.63. The molecule has 0 fully saturated rings. The number of aliphatic hydroxyl groups excluding tert-OH is 3. The Labute approximate surface area is 94.3 Å². The number of hydrogen-bond acceptors (Lipinski definition) is 5. The van der Waals surface area contributed by atoms with Gasteiger partial charge in [-0.2, -0.15) is 13.2 Å². The number of pyridine rings is 1. The largest absolute Gasteiger partial charge is 0.417 e. The number of hydrogen-bond donors (Lipinski definition) is 4. The van der Waals surface area contributed by atoms with Crippen molar-refractivity contribution in [1.82, 2.24) is 4.98 Å². The lowest BCUT2D eigenvalue weighted by atomic mass is 10.0. The van der Waals surface area contributed by atoms with Crippen LogP contribution in [0.25, 0.3) is 0 Å². The second-order valence-electron chi connectivity index (χ2n) is 3.39. The number of alkyl halides is 3. The molecule has 5 N–H and O–H groups in total. The number of aromatic nitrogens is 1. The molecule has 0 bridgehead atoms. The highest BCUT2D eigenvalue weighted by Crippen LogP contribution is 2.32. The average molecular weight is 252 g/mol. The van der Waals surface area contributed by atoms with E-state index in [9.17, 15) is 18.3 Å². The molecule has 0 aliphatic carbocycles. The fourth-order valence-corrected chi connectivity index (χ4v) is 1.19. The van der Waals surface area contributed by atoms with Crippen LogP contribution in [0.5, 0.6) is 0 Å². The van der Waals surface area contributed by atoms with Gasteiger partial charge in [-0.3, -0.25) is 0 Å². The number of nitrogen functional groups attached to an aromatic ring is 1. The van der Waals surface area contributed by atoms with Gasteiger partial charge in [-0.1, -0.05) is 0 Å². The number of anilines is 1. The minimum absolute atomic E-state index is 0.335. The number of nitrogens with two attached hydrogens (primary N) is 1. The van der Waals surface area contributed by atoms with Crippen LogP contribution in [0, 0.1) is 0 Å². The first-order valence-electron chi connectivity index (χ1n) is 4.57. The lowest BCUT2D eigenvalue weighted by Gasteiger charge is -2.18. The maximum atomic E-state index is 12.4. The molecule has 2 unspecified atom stereocenters. The molecular formula is C9H11F3N2O3. The standard InChI is InChI=1S/C9H11F3N2O3/c10-9(11,12)4-1-5(8(13)14-2-4)7(17)6(16)3-15/h1-2,6-7,15-17H,3H2,(H2,13,14). The SMILES string of the molecule is Nc1ncc(C(F)(F)F)cc1C(O)C(O)CO. The first-order valence-corrected chi connectivity index (χ1v) is 4.57. The summed E-state index contributed by atoms with van der Waals surface area (Å²) in [6.07, 6.45) is -7.45. The Morgan fingerprint density at radius 2 is 1.94 bits per heavy atom. The van der Waals surface area contributed by atoms with Crippen LogP contribution in [-0.2, 0) is 6.18 Å². The second-order valence-corrected chi connectivity index (χ2v) is 3.39. The topological polar surface area (TPSA) is 99.6 Å². The fraction of sp³-hybridized carbons (Fsp3) is 0.444. The molecule has 8 heteroatoms. The highest BCUT2D eigenvalue weighted by atomic mass is 19.4. The molecule has 1 aromatic rings. The van der Waals surface area contributed by atoms with E-state index in [2.05, 4.69) is 4.98 Å². The molecule has 2 atom stereocenters. The fourth-order valence-electron chi connectivity index (χ4n) is 1.19. The minimum Gasteiger partial charge on any atom is -0.394 e. The summed E-state index contributed by atoms with van der Waals surface area (Å²) in [4.78, 5) is 3.29. The van der Waals surface area contributed by atoms with Crippen molar-refractivity contribution in [2.75, 3.05) is 12.3 Å². The van der Waals surface area contributed by atoms with E-state index in [0.29, 0.717) is 12.3 Å². The lowest BCUT2D eigenvalue weighted by Crippen LogP contribution is -2.24. The molecule has 0 amide bonds. The Morgan fingerprint density at radius 3 is 2.41 bits per heavy atom. The van der Waals surface area contributed by atoms with Gasteiger partial charge in [0.25, 0.3) is 0 Å². The predicted molar refractivity (Wildman–Crippen MR) is 51.7 cm³/mol. The van der Waals surface area contributed by atoms with Crippen LogP contribution < -0.4 is 5.73 Å². The van der Waals surface area contributed by atoms with Crippen molar-refractivity contribution >= 4 is 5.82 Å². The van der Waals surface area contributed by atoms with Crippen LogP contribution in [0.2, 0.25) is 0 Å². The zero-order chi connectivity index (χ0) is 13.2. The first-order chi connectivity index (χ1) is 7.77. The van der Waals surface area contributed by atoms with Crippen LogP contribution >= 0.6 is 0 Å². The van der Waals surface area contributed by atoms with Crippen molar-refractivity contribution in [1.29, 1.82) is 0 Å². The Morgan fingerprint density at radius 1 is 1.35 bits per heavy atom. The van der Waals surface area contributed by atoms with Gasteiger partial charge in [-0.05, 0) is 6.07 Å². The van der Waals surface area contributed by atoms with E-state index in [-0.39, 0.29) is 11.4 Å². The summed E-state index contributed by atoms with van der Waals surface area (Å²) in [5, 5.41) is 27.2. The van der Waals surface area contributed by atoms with Gasteiger partial charge in [0.2, 0.25) is 0 Å². The molecular weight excluding hydrogens is 241 g/mol. The van der Waals surface area contributed by atoms with E-state index in [0.717, 1.165) is 0 Å². The second kappa shape index (κ2) is 4.86. The highest BCUT2D eigenvalue weighted by molar-refractivity contribution is 5.43. The van der Waals surface area contributed by atoms with E-state index in [1.807, 2.05) is 0 Å². The van der Waals surface area contributed by atoms with Crippen LogP contribution in [0.15, 0.2) is 12.3 Å². The van der Waals surface area contributed by atoms with E-state index >= 15 is 0 Å². The molecule has 0 saturated heterocycles. The summed E-state index contributed by atoms with van der Waals surface area (Å²) in [6, 6.07) is 0.589. The molecule has 1 heterocycles. The quantitative estimate of drug-likeness (QED) is 0.610. The summed E-state index contributed by atoms with van der Waals surface area (Å²) in [7, 11) is 0. The van der Waals surface area contributed by atoms with Gasteiger partial charge >= 0.3 is 6.18 Å². The number of nitrogens with zero attached hydrogens (tertiary/aromatic N) is 1. The third-order valence-electron chi connectivity index (χ3n) is 2.15. The molecule has 1 aromatic heterocycles. The smallest absolute Gasteiger partial charge is 0.394 e. The van der Waals surface area contributed by atoms with Crippen molar-refractivity contribution in [3.8, 4) is 0 Å². The van der Waals surface area contributed by atoms with E-state index in [1.165, 1.54) is 0 Å². The zero-order valence-corrected chi connectivity index (χ0v) is 8.52. The molecule has 96 valence electrons. The molecule has 0 radical (unpaired) electrons. The summed E-state index contributed by atoms with van der Waals surface area (Å²) in [5.74, 6) is -0.335. The molecule has 0 spiro atoms. The molecule has 0 aromatic carbocycles. The lowest BCUT2D eigenvalue weighted by molar-refractivity contribution is -0.138. The summed E-state index contributed by atoms with van der Waals surface area (Å²) in [6.45, 7) is -0.809. The van der Waals surface area contributed by atoms with Gasteiger partial charge in [0.1, 0.15) is 18.0 Å². The molecule has 0 aliphatic rings. The monoisotopic (exact) mass is 252 g/mol. The number of halogens is 3. The van der Waals surface area contributed by atoms with E-state index < -0.39 is 30.6 Å². The third kappa shape index (κ3) is 3.05. The van der Waals surface area contributed by atoms with Gasteiger partial charge in [0.05, 0.1) is 12.2 Å². The summed E-state index contributed by atoms with van der Waals surface area (Å²) < 4.78 is 37.1. The van der Waals surface area contributed by atoms with Gasteiger partial charge in [0.15, 0.2) is 0 Å². The summed E-state index contributed by atoms with van der Waals surface area (Å²) >= 11 is 0. The predicted octanol–water partition coefficient (Wildman–Crippen LogP) is 0.0692. The van der Waals surface area contributed by atoms with Crippen LogP contribution in [-0.4, -0.2) is 33.0 Å². The maximum absolute atomic E-state index is 12.4. The van der Waals surface area contributed by atoms with Crippen molar-refractivity contribution < 1.29 is 28.5 Å². The van der Waals surface area contributed by atoms with Gasteiger partial charge in [-0.25, -0.2) is 4.98 Å². The Bertz CT molecular complexity index is 398. The average Bonchev–Trinajstić information content (AvgIpc) is 2.26. The van der Waals surface area contributed by atoms with E-state index in [1.54, 1.807) is 0 Å². The third-order valence-corrected chi connectivity index (χ3v) is 2.15. The van der Waals surface area contributed by atoms with E-state index in [4.69, 9.17) is 15.9 Å². The Balaban J connectivity index is 3.15. The Kier molecular flexibility index (Phi) is 3.91. The zero-order valence-electron chi connectivity index (χ0n) is 8.52. The molecule has 0 aliphatic heterocycles. The summed E-state index contributed by atoms with van der Waals surface area (Å²) in [5.41, 5.74) is 3.83. The van der Waals surface area contributed by atoms with Gasteiger partial charge in [0, 0.05) is 11.8 Å². The molecule has 1 rings (SSSR count). The Hall–Kier alpha value is -1.38. The normalized spacial score (nSPS) is 15.6. The molecule has 0 saturated carbocycles. The highest BCUT2D eigenvalue weighted by Gasteiger charge is 2.33. The van der Waals surface area contributed by atoms with Crippen molar-refractivity contribution in [2.45, 2.75) is 18.4 Å². The van der Waals surface area contributed by atoms with Crippen molar-refractivity contribution in [3.05, 3.63) is 23.4 Å².